The summed E-state index contributed by atoms with van der Waals surface area (Å²) in [6.07, 6.45) is 3.98. The van der Waals surface area contributed by atoms with E-state index in [9.17, 15) is 4.39 Å². The molecule has 2 aliphatic rings. The zero-order valence-corrected chi connectivity index (χ0v) is 16.7. The van der Waals surface area contributed by atoms with Crippen molar-refractivity contribution in [1.29, 1.82) is 0 Å². The van der Waals surface area contributed by atoms with Gasteiger partial charge in [0.1, 0.15) is 11.5 Å². The van der Waals surface area contributed by atoms with Crippen molar-refractivity contribution in [3.63, 3.8) is 0 Å². The molecule has 0 aliphatic carbocycles. The van der Waals surface area contributed by atoms with Crippen molar-refractivity contribution < 1.29 is 9.13 Å². The molecular weight excluding hydrogens is 373 g/mol. The summed E-state index contributed by atoms with van der Waals surface area (Å²) in [6, 6.07) is 3.86. The second-order valence-electron chi connectivity index (χ2n) is 7.93. The quantitative estimate of drug-likeness (QED) is 0.671. The van der Waals surface area contributed by atoms with Crippen molar-refractivity contribution in [2.75, 3.05) is 49.2 Å². The number of alkyl halides is 1. The van der Waals surface area contributed by atoms with Crippen LogP contribution in [0.3, 0.4) is 0 Å². The first-order chi connectivity index (χ1) is 14.0. The molecule has 3 aromatic heterocycles. The molecule has 8 nitrogen and oxygen atoms in total. The van der Waals surface area contributed by atoms with Gasteiger partial charge >= 0.3 is 0 Å². The van der Waals surface area contributed by atoms with Gasteiger partial charge in [-0.15, -0.1) is 0 Å². The number of ether oxygens (including phenoxy) is 1. The predicted octanol–water partition coefficient (Wildman–Crippen LogP) is 2.20. The van der Waals surface area contributed by atoms with E-state index in [1.54, 1.807) is 19.3 Å². The van der Waals surface area contributed by atoms with Gasteiger partial charge in [-0.05, 0) is 19.1 Å². The molecule has 0 amide bonds. The van der Waals surface area contributed by atoms with Crippen LogP contribution in [-0.4, -0.2) is 69.6 Å². The van der Waals surface area contributed by atoms with Gasteiger partial charge in [-0.2, -0.15) is 9.97 Å². The number of rotatable bonds is 3. The molecule has 1 atom stereocenters. The molecule has 9 heteroatoms. The molecule has 0 radical (unpaired) electrons. The monoisotopic (exact) mass is 397 g/mol. The number of anilines is 2. The molecule has 2 aliphatic heterocycles. The van der Waals surface area contributed by atoms with Crippen molar-refractivity contribution in [3.8, 4) is 11.4 Å². The summed E-state index contributed by atoms with van der Waals surface area (Å²) >= 11 is 0. The van der Waals surface area contributed by atoms with Crippen molar-refractivity contribution in [2.45, 2.75) is 19.0 Å². The Morgan fingerprint density at radius 2 is 1.79 bits per heavy atom. The van der Waals surface area contributed by atoms with E-state index in [0.29, 0.717) is 38.7 Å². The minimum atomic E-state index is -1.22. The third-order valence-corrected chi connectivity index (χ3v) is 5.64. The van der Waals surface area contributed by atoms with Crippen LogP contribution in [-0.2, 0) is 11.8 Å². The number of hydrogen-bond acceptors (Lipinski definition) is 7. The van der Waals surface area contributed by atoms with Crippen molar-refractivity contribution in [3.05, 3.63) is 24.5 Å². The maximum Gasteiger partial charge on any atom is 0.229 e. The molecule has 2 fully saturated rings. The molecule has 1 unspecified atom stereocenters. The van der Waals surface area contributed by atoms with Gasteiger partial charge in [0.15, 0.2) is 17.0 Å². The number of nitrogens with zero attached hydrogens (tertiary/aromatic N) is 7. The summed E-state index contributed by atoms with van der Waals surface area (Å²) in [4.78, 5) is 22.8. The largest absolute Gasteiger partial charge is 0.378 e. The van der Waals surface area contributed by atoms with Crippen LogP contribution in [0.4, 0.5) is 16.2 Å². The molecule has 152 valence electrons. The molecule has 0 saturated carbocycles. The first-order valence-electron chi connectivity index (χ1n) is 9.93. The summed E-state index contributed by atoms with van der Waals surface area (Å²) in [7, 11) is 1.95. The normalized spacial score (nSPS) is 22.6. The van der Waals surface area contributed by atoms with Crippen LogP contribution in [0, 0.1) is 0 Å². The van der Waals surface area contributed by atoms with E-state index in [1.165, 1.54) is 0 Å². The Morgan fingerprint density at radius 1 is 1.03 bits per heavy atom. The smallest absolute Gasteiger partial charge is 0.229 e. The van der Waals surface area contributed by atoms with Crippen LogP contribution in [0.2, 0.25) is 0 Å². The fraction of sp³-hybridized carbons (Fsp3) is 0.500. The molecule has 0 N–H and O–H groups in total. The van der Waals surface area contributed by atoms with Gasteiger partial charge in [-0.25, -0.2) is 9.37 Å². The Labute approximate surface area is 168 Å². The molecule has 2 saturated heterocycles. The molecule has 0 spiro atoms. The lowest BCUT2D eigenvalue weighted by Gasteiger charge is -2.28. The van der Waals surface area contributed by atoms with Crippen LogP contribution in [0.5, 0.6) is 0 Å². The van der Waals surface area contributed by atoms with Crippen LogP contribution in [0.15, 0.2) is 24.5 Å². The van der Waals surface area contributed by atoms with Gasteiger partial charge in [0.2, 0.25) is 5.95 Å². The van der Waals surface area contributed by atoms with Gasteiger partial charge in [0, 0.05) is 51.1 Å². The van der Waals surface area contributed by atoms with E-state index < -0.39 is 5.67 Å². The lowest BCUT2D eigenvalue weighted by atomic mass is 10.1. The number of pyridine rings is 1. The lowest BCUT2D eigenvalue weighted by molar-refractivity contribution is 0.122. The van der Waals surface area contributed by atoms with Gasteiger partial charge < -0.3 is 19.1 Å². The molecule has 29 heavy (non-hydrogen) atoms. The average Bonchev–Trinajstić information content (AvgIpc) is 3.28. The highest BCUT2D eigenvalue weighted by atomic mass is 19.1. The molecular formula is C20H24FN7O. The Balaban J connectivity index is 1.67. The highest BCUT2D eigenvalue weighted by Crippen LogP contribution is 2.33. The molecule has 3 aromatic rings. The summed E-state index contributed by atoms with van der Waals surface area (Å²) < 4.78 is 22.0. The van der Waals surface area contributed by atoms with Gasteiger partial charge in [-0.1, -0.05) is 0 Å². The highest BCUT2D eigenvalue weighted by Gasteiger charge is 2.35. The maximum absolute atomic E-state index is 14.5. The standard InChI is InChI=1S/C20H24FN7O/c1-20(21)5-8-28(13-20)19-24-17-15(18(25-19)27-9-11-29-12-10-27)23-16(26(17)2)14-3-6-22-7-4-14/h3-4,6-7H,5,8-13H2,1-2H3. The Bertz CT molecular complexity index is 1030. The fourth-order valence-corrected chi connectivity index (χ4v) is 4.03. The topological polar surface area (TPSA) is 72.2 Å². The van der Waals surface area contributed by atoms with Crippen molar-refractivity contribution >= 4 is 22.9 Å². The predicted molar refractivity (Wildman–Crippen MR) is 109 cm³/mol. The third-order valence-electron chi connectivity index (χ3n) is 5.64. The van der Waals surface area contributed by atoms with E-state index in [0.717, 1.165) is 41.5 Å². The van der Waals surface area contributed by atoms with E-state index in [-0.39, 0.29) is 0 Å². The Morgan fingerprint density at radius 3 is 2.48 bits per heavy atom. The Kier molecular flexibility index (Phi) is 4.34. The number of hydrogen-bond donors (Lipinski definition) is 0. The number of halogens is 1. The van der Waals surface area contributed by atoms with Crippen LogP contribution in [0.25, 0.3) is 22.6 Å². The lowest BCUT2D eigenvalue weighted by Crippen LogP contribution is -2.37. The van der Waals surface area contributed by atoms with Crippen LogP contribution >= 0.6 is 0 Å². The number of fused-ring (bicyclic) bond motifs is 1. The SMILES string of the molecule is Cn1c(-c2ccncc2)nc2c(N3CCOCC3)nc(N3CCC(C)(F)C3)nc21. The number of morpholine rings is 1. The second-order valence-corrected chi connectivity index (χ2v) is 7.93. The van der Waals surface area contributed by atoms with Crippen molar-refractivity contribution in [1.82, 2.24) is 24.5 Å². The van der Waals surface area contributed by atoms with Crippen LogP contribution in [0.1, 0.15) is 13.3 Å². The summed E-state index contributed by atoms with van der Waals surface area (Å²) in [5.74, 6) is 2.15. The molecule has 5 rings (SSSR count). The van der Waals surface area contributed by atoms with E-state index in [4.69, 9.17) is 19.7 Å². The van der Waals surface area contributed by atoms with Crippen LogP contribution < -0.4 is 9.80 Å². The van der Waals surface area contributed by atoms with E-state index in [2.05, 4.69) is 9.88 Å². The summed E-state index contributed by atoms with van der Waals surface area (Å²) in [5, 5.41) is 0. The minimum absolute atomic E-state index is 0.302. The minimum Gasteiger partial charge on any atom is -0.378 e. The van der Waals surface area contributed by atoms with Crippen molar-refractivity contribution in [2.24, 2.45) is 7.05 Å². The zero-order valence-electron chi connectivity index (χ0n) is 16.7. The number of aromatic nitrogens is 5. The summed E-state index contributed by atoms with van der Waals surface area (Å²) in [6.45, 7) is 5.33. The first-order valence-corrected chi connectivity index (χ1v) is 9.93. The Hall–Kier alpha value is -2.81. The summed E-state index contributed by atoms with van der Waals surface area (Å²) in [5.41, 5.74) is 1.25. The highest BCUT2D eigenvalue weighted by molar-refractivity contribution is 5.88. The van der Waals surface area contributed by atoms with Gasteiger partial charge in [-0.3, -0.25) is 4.98 Å². The first kappa shape index (κ1) is 18.2. The number of imidazole rings is 1. The van der Waals surface area contributed by atoms with Gasteiger partial charge in [0.05, 0.1) is 19.8 Å². The molecule has 0 aromatic carbocycles. The average molecular weight is 397 g/mol. The molecule has 0 bridgehead atoms. The van der Waals surface area contributed by atoms with E-state index in [1.807, 2.05) is 28.6 Å². The zero-order chi connectivity index (χ0) is 20.0. The maximum atomic E-state index is 14.5. The van der Waals surface area contributed by atoms with Gasteiger partial charge in [0.25, 0.3) is 0 Å². The fourth-order valence-electron chi connectivity index (χ4n) is 4.03. The molecule has 5 heterocycles. The second kappa shape index (κ2) is 6.91. The van der Waals surface area contributed by atoms with E-state index >= 15 is 0 Å². The third kappa shape index (κ3) is 3.29. The number of aryl methyl sites for hydroxylation is 1.